The molecule has 2 heteroatoms. The number of para-hydroxylation sites is 1. The molecule has 0 aliphatic heterocycles. The SMILES string of the molecule is Cc1ccc(-c2c(C)c(=O)cc(-c3ccccc3)n2-c2ccccc2)cc1C. The van der Waals surface area contributed by atoms with E-state index in [0.29, 0.717) is 0 Å². The first-order valence-electron chi connectivity index (χ1n) is 9.51. The van der Waals surface area contributed by atoms with E-state index in [2.05, 4.69) is 48.7 Å². The fourth-order valence-electron chi connectivity index (χ4n) is 3.60. The van der Waals surface area contributed by atoms with Crippen molar-refractivity contribution < 1.29 is 0 Å². The minimum absolute atomic E-state index is 0.0549. The Kier molecular flexibility index (Phi) is 4.70. The average Bonchev–Trinajstić information content (AvgIpc) is 2.73. The van der Waals surface area contributed by atoms with Gasteiger partial charge in [0.2, 0.25) is 0 Å². The van der Waals surface area contributed by atoms with E-state index >= 15 is 0 Å². The number of pyridine rings is 1. The zero-order chi connectivity index (χ0) is 19.7. The van der Waals surface area contributed by atoms with Crippen molar-refractivity contribution >= 4 is 0 Å². The van der Waals surface area contributed by atoms with Gasteiger partial charge in [0.05, 0.1) is 11.4 Å². The summed E-state index contributed by atoms with van der Waals surface area (Å²) in [5, 5.41) is 0. The summed E-state index contributed by atoms with van der Waals surface area (Å²) in [6, 6.07) is 28.5. The molecule has 2 nitrogen and oxygen atoms in total. The zero-order valence-corrected chi connectivity index (χ0v) is 16.4. The summed E-state index contributed by atoms with van der Waals surface area (Å²) < 4.78 is 2.20. The lowest BCUT2D eigenvalue weighted by atomic mass is 9.98. The molecular weight excluding hydrogens is 342 g/mol. The first-order chi connectivity index (χ1) is 13.6. The maximum atomic E-state index is 12.9. The van der Waals surface area contributed by atoms with Crippen molar-refractivity contribution in [3.63, 3.8) is 0 Å². The highest BCUT2D eigenvalue weighted by Crippen LogP contribution is 2.32. The molecule has 3 aromatic carbocycles. The van der Waals surface area contributed by atoms with Crippen LogP contribution in [0, 0.1) is 20.8 Å². The van der Waals surface area contributed by atoms with Gasteiger partial charge in [-0.2, -0.15) is 0 Å². The van der Waals surface area contributed by atoms with Gasteiger partial charge in [0.15, 0.2) is 5.43 Å². The van der Waals surface area contributed by atoms with Crippen LogP contribution in [0.5, 0.6) is 0 Å². The molecule has 138 valence electrons. The van der Waals surface area contributed by atoms with Crippen LogP contribution in [-0.4, -0.2) is 4.57 Å². The maximum Gasteiger partial charge on any atom is 0.185 e. The van der Waals surface area contributed by atoms with Gasteiger partial charge >= 0.3 is 0 Å². The predicted molar refractivity (Wildman–Crippen MR) is 117 cm³/mol. The monoisotopic (exact) mass is 365 g/mol. The van der Waals surface area contributed by atoms with Crippen molar-refractivity contribution in [3.05, 3.63) is 112 Å². The molecule has 4 aromatic rings. The van der Waals surface area contributed by atoms with Gasteiger partial charge in [0, 0.05) is 17.3 Å². The third-order valence-electron chi connectivity index (χ3n) is 5.32. The lowest BCUT2D eigenvalue weighted by Gasteiger charge is -2.22. The van der Waals surface area contributed by atoms with Gasteiger partial charge in [0.25, 0.3) is 0 Å². The molecule has 28 heavy (non-hydrogen) atoms. The molecule has 0 atom stereocenters. The van der Waals surface area contributed by atoms with Gasteiger partial charge in [-0.1, -0.05) is 60.7 Å². The van der Waals surface area contributed by atoms with Gasteiger partial charge in [-0.15, -0.1) is 0 Å². The summed E-state index contributed by atoms with van der Waals surface area (Å²) in [7, 11) is 0. The topological polar surface area (TPSA) is 22.0 Å². The highest BCUT2D eigenvalue weighted by atomic mass is 16.1. The van der Waals surface area contributed by atoms with Crippen molar-refractivity contribution in [2.45, 2.75) is 20.8 Å². The molecule has 0 unspecified atom stereocenters. The highest BCUT2D eigenvalue weighted by Gasteiger charge is 2.17. The van der Waals surface area contributed by atoms with E-state index in [9.17, 15) is 4.79 Å². The van der Waals surface area contributed by atoms with Gasteiger partial charge < -0.3 is 4.57 Å². The average molecular weight is 365 g/mol. The number of aromatic nitrogens is 1. The van der Waals surface area contributed by atoms with Crippen molar-refractivity contribution in [3.8, 4) is 28.2 Å². The van der Waals surface area contributed by atoms with Crippen LogP contribution in [0.4, 0.5) is 0 Å². The minimum atomic E-state index is 0.0549. The van der Waals surface area contributed by atoms with Crippen LogP contribution < -0.4 is 5.43 Å². The normalized spacial score (nSPS) is 10.8. The largest absolute Gasteiger partial charge is 0.309 e. The van der Waals surface area contributed by atoms with E-state index in [1.54, 1.807) is 6.07 Å². The standard InChI is InChI=1S/C26H23NO/c1-18-14-15-22(16-19(18)2)26-20(3)25(28)17-24(21-10-6-4-7-11-21)27(26)23-12-8-5-9-13-23/h4-17H,1-3H3. The molecule has 0 bridgehead atoms. The molecule has 0 amide bonds. The van der Waals surface area contributed by atoms with Crippen LogP contribution in [0.2, 0.25) is 0 Å². The highest BCUT2D eigenvalue weighted by molar-refractivity contribution is 5.74. The number of benzene rings is 3. The van der Waals surface area contributed by atoms with E-state index in [-0.39, 0.29) is 5.43 Å². The third kappa shape index (κ3) is 3.18. The molecule has 0 fully saturated rings. The Morgan fingerprint density at radius 3 is 1.93 bits per heavy atom. The van der Waals surface area contributed by atoms with Gasteiger partial charge in [-0.05, 0) is 61.2 Å². The molecule has 0 spiro atoms. The molecule has 4 rings (SSSR count). The second-order valence-electron chi connectivity index (χ2n) is 7.20. The molecule has 0 aliphatic rings. The Hall–Kier alpha value is -3.39. The molecule has 0 radical (unpaired) electrons. The molecule has 1 heterocycles. The molecule has 1 aromatic heterocycles. The summed E-state index contributed by atoms with van der Waals surface area (Å²) in [4.78, 5) is 12.9. The van der Waals surface area contributed by atoms with Crippen LogP contribution in [0.25, 0.3) is 28.2 Å². The molecule has 0 N–H and O–H groups in total. The first kappa shape index (κ1) is 18.0. The molecule has 0 aliphatic carbocycles. The smallest absolute Gasteiger partial charge is 0.185 e. The fraction of sp³-hybridized carbons (Fsp3) is 0.115. The molecular formula is C26H23NO. The van der Waals surface area contributed by atoms with E-state index in [1.165, 1.54) is 11.1 Å². The Morgan fingerprint density at radius 1 is 0.643 bits per heavy atom. The minimum Gasteiger partial charge on any atom is -0.309 e. The van der Waals surface area contributed by atoms with Crippen molar-refractivity contribution in [2.24, 2.45) is 0 Å². The lowest BCUT2D eigenvalue weighted by molar-refractivity contribution is 1.04. The molecule has 0 saturated heterocycles. The van der Waals surface area contributed by atoms with E-state index in [0.717, 1.165) is 33.8 Å². The third-order valence-corrected chi connectivity index (χ3v) is 5.32. The second-order valence-corrected chi connectivity index (χ2v) is 7.20. The van der Waals surface area contributed by atoms with Gasteiger partial charge in [-0.3, -0.25) is 4.79 Å². The maximum absolute atomic E-state index is 12.9. The van der Waals surface area contributed by atoms with E-state index in [1.807, 2.05) is 55.5 Å². The van der Waals surface area contributed by atoms with Gasteiger partial charge in [0.1, 0.15) is 0 Å². The Morgan fingerprint density at radius 2 is 1.29 bits per heavy atom. The Balaban J connectivity index is 2.14. The Labute approximate surface area is 165 Å². The van der Waals surface area contributed by atoms with Crippen LogP contribution >= 0.6 is 0 Å². The second kappa shape index (κ2) is 7.32. The number of aryl methyl sites for hydroxylation is 2. The summed E-state index contributed by atoms with van der Waals surface area (Å²) in [6.07, 6.45) is 0. The number of nitrogens with zero attached hydrogens (tertiary/aromatic N) is 1. The number of hydrogen-bond donors (Lipinski definition) is 0. The van der Waals surface area contributed by atoms with Crippen molar-refractivity contribution in [1.82, 2.24) is 4.57 Å². The first-order valence-corrected chi connectivity index (χ1v) is 9.51. The number of hydrogen-bond acceptors (Lipinski definition) is 1. The molecule has 0 saturated carbocycles. The van der Waals surface area contributed by atoms with Crippen LogP contribution in [0.15, 0.2) is 89.7 Å². The van der Waals surface area contributed by atoms with Crippen molar-refractivity contribution in [1.29, 1.82) is 0 Å². The van der Waals surface area contributed by atoms with Crippen LogP contribution in [0.1, 0.15) is 16.7 Å². The number of rotatable bonds is 3. The van der Waals surface area contributed by atoms with Crippen LogP contribution in [-0.2, 0) is 0 Å². The summed E-state index contributed by atoms with van der Waals surface area (Å²) >= 11 is 0. The van der Waals surface area contributed by atoms with Crippen molar-refractivity contribution in [2.75, 3.05) is 0 Å². The van der Waals surface area contributed by atoms with Gasteiger partial charge in [-0.25, -0.2) is 0 Å². The quantitative estimate of drug-likeness (QED) is 0.430. The lowest BCUT2D eigenvalue weighted by Crippen LogP contribution is -2.15. The predicted octanol–water partition coefficient (Wildman–Crippen LogP) is 6.10. The summed E-state index contributed by atoms with van der Waals surface area (Å²) in [5.41, 5.74) is 8.23. The summed E-state index contributed by atoms with van der Waals surface area (Å²) in [5.74, 6) is 0. The van der Waals surface area contributed by atoms with E-state index < -0.39 is 0 Å². The van der Waals surface area contributed by atoms with Crippen LogP contribution in [0.3, 0.4) is 0 Å². The van der Waals surface area contributed by atoms with E-state index in [4.69, 9.17) is 0 Å². The summed E-state index contributed by atoms with van der Waals surface area (Å²) in [6.45, 7) is 6.14. The fourth-order valence-corrected chi connectivity index (χ4v) is 3.60. The zero-order valence-electron chi connectivity index (χ0n) is 16.4. The Bertz CT molecular complexity index is 1190.